The summed E-state index contributed by atoms with van der Waals surface area (Å²) in [6.07, 6.45) is 7.36. The molecule has 72 valence electrons. The lowest BCUT2D eigenvalue weighted by Crippen LogP contribution is -2.13. The van der Waals surface area contributed by atoms with E-state index in [0.29, 0.717) is 0 Å². The molecule has 0 saturated heterocycles. The Labute approximate surface area is 83.7 Å². The summed E-state index contributed by atoms with van der Waals surface area (Å²) in [6.45, 7) is 0. The fourth-order valence-corrected chi connectivity index (χ4v) is 2.20. The lowest BCUT2D eigenvalue weighted by molar-refractivity contribution is 0.314. The molecule has 3 rings (SSSR count). The van der Waals surface area contributed by atoms with Crippen LogP contribution >= 0.6 is 0 Å². The number of hydrogen-bond donors (Lipinski definition) is 0. The Morgan fingerprint density at radius 2 is 2.07 bits per heavy atom. The van der Waals surface area contributed by atoms with Crippen LogP contribution < -0.4 is 0 Å². The van der Waals surface area contributed by atoms with E-state index in [2.05, 4.69) is 12.1 Å². The Bertz CT molecular complexity index is 437. The van der Waals surface area contributed by atoms with Gasteiger partial charge in [0.25, 0.3) is 0 Å². The third-order valence-corrected chi connectivity index (χ3v) is 3.29. The largest absolute Gasteiger partial charge is 0.464 e. The Balaban J connectivity index is 1.95. The van der Waals surface area contributed by atoms with Gasteiger partial charge in [0.2, 0.25) is 0 Å². The second-order valence-corrected chi connectivity index (χ2v) is 4.26. The highest BCUT2D eigenvalue weighted by atomic mass is 16.3. The first-order chi connectivity index (χ1) is 6.93. The van der Waals surface area contributed by atoms with Gasteiger partial charge in [-0.1, -0.05) is 37.5 Å². The summed E-state index contributed by atoms with van der Waals surface area (Å²) < 4.78 is 5.52. The van der Waals surface area contributed by atoms with E-state index in [1.165, 1.54) is 36.6 Å². The van der Waals surface area contributed by atoms with Gasteiger partial charge in [-0.3, -0.25) is 0 Å². The standard InChI is InChI=1S/C13H14O/c1-2-7-13-12(6-1)11(9-14-13)8-10-4-3-5-10/h1-2,6-7,9-10H,3-5,8H2. The van der Waals surface area contributed by atoms with Crippen molar-refractivity contribution in [1.82, 2.24) is 0 Å². The zero-order chi connectivity index (χ0) is 9.38. The summed E-state index contributed by atoms with van der Waals surface area (Å²) in [5.74, 6) is 0.913. The molecule has 1 nitrogen and oxygen atoms in total. The van der Waals surface area contributed by atoms with Gasteiger partial charge in [-0.25, -0.2) is 0 Å². The average Bonchev–Trinajstić information content (AvgIpc) is 2.55. The van der Waals surface area contributed by atoms with E-state index in [0.717, 1.165) is 11.5 Å². The van der Waals surface area contributed by atoms with Crippen LogP contribution in [0.2, 0.25) is 0 Å². The first-order valence-electron chi connectivity index (χ1n) is 5.38. The number of fused-ring (bicyclic) bond motifs is 1. The third kappa shape index (κ3) is 1.24. The molecule has 14 heavy (non-hydrogen) atoms. The van der Waals surface area contributed by atoms with Gasteiger partial charge in [0.05, 0.1) is 6.26 Å². The minimum atomic E-state index is 0.913. The van der Waals surface area contributed by atoms with E-state index >= 15 is 0 Å². The molecule has 1 aliphatic carbocycles. The maximum atomic E-state index is 5.52. The van der Waals surface area contributed by atoms with Crippen LogP contribution in [0.1, 0.15) is 24.8 Å². The number of hydrogen-bond acceptors (Lipinski definition) is 1. The summed E-state index contributed by atoms with van der Waals surface area (Å²) in [6, 6.07) is 8.31. The summed E-state index contributed by atoms with van der Waals surface area (Å²) in [5.41, 5.74) is 2.42. The smallest absolute Gasteiger partial charge is 0.134 e. The van der Waals surface area contributed by atoms with Crippen molar-refractivity contribution in [1.29, 1.82) is 0 Å². The van der Waals surface area contributed by atoms with E-state index in [9.17, 15) is 0 Å². The number of para-hydroxylation sites is 1. The van der Waals surface area contributed by atoms with Gasteiger partial charge in [0.15, 0.2) is 0 Å². The fraction of sp³-hybridized carbons (Fsp3) is 0.385. The fourth-order valence-electron chi connectivity index (χ4n) is 2.20. The molecule has 0 radical (unpaired) electrons. The molecule has 1 aliphatic rings. The van der Waals surface area contributed by atoms with Crippen LogP contribution in [0.5, 0.6) is 0 Å². The molecule has 1 heteroatoms. The number of rotatable bonds is 2. The Morgan fingerprint density at radius 1 is 1.21 bits per heavy atom. The zero-order valence-corrected chi connectivity index (χ0v) is 8.20. The van der Waals surface area contributed by atoms with Crippen molar-refractivity contribution in [2.45, 2.75) is 25.7 Å². The van der Waals surface area contributed by atoms with E-state index in [4.69, 9.17) is 4.42 Å². The second-order valence-electron chi connectivity index (χ2n) is 4.26. The predicted molar refractivity (Wildman–Crippen MR) is 57.3 cm³/mol. The molecule has 0 unspecified atom stereocenters. The maximum absolute atomic E-state index is 5.52. The summed E-state index contributed by atoms with van der Waals surface area (Å²) in [4.78, 5) is 0. The Hall–Kier alpha value is -1.24. The van der Waals surface area contributed by atoms with Crippen LogP contribution in [0.15, 0.2) is 34.9 Å². The monoisotopic (exact) mass is 186 g/mol. The van der Waals surface area contributed by atoms with E-state index < -0.39 is 0 Å². The van der Waals surface area contributed by atoms with Crippen molar-refractivity contribution in [3.8, 4) is 0 Å². The lowest BCUT2D eigenvalue weighted by Gasteiger charge is -2.24. The minimum Gasteiger partial charge on any atom is -0.464 e. The van der Waals surface area contributed by atoms with E-state index in [1.807, 2.05) is 18.4 Å². The topological polar surface area (TPSA) is 13.1 Å². The Kier molecular flexibility index (Phi) is 1.83. The molecular formula is C13H14O. The molecule has 1 aromatic heterocycles. The second kappa shape index (κ2) is 3.16. The number of furan rings is 1. The van der Waals surface area contributed by atoms with Crippen LogP contribution in [0.25, 0.3) is 11.0 Å². The minimum absolute atomic E-state index is 0.913. The van der Waals surface area contributed by atoms with E-state index in [-0.39, 0.29) is 0 Å². The van der Waals surface area contributed by atoms with Crippen molar-refractivity contribution in [2.75, 3.05) is 0 Å². The van der Waals surface area contributed by atoms with Gasteiger partial charge in [0, 0.05) is 5.39 Å². The molecule has 0 bridgehead atoms. The van der Waals surface area contributed by atoms with Crippen molar-refractivity contribution in [3.05, 3.63) is 36.1 Å². The summed E-state index contributed by atoms with van der Waals surface area (Å²) in [5, 5.41) is 1.31. The third-order valence-electron chi connectivity index (χ3n) is 3.29. The highest BCUT2D eigenvalue weighted by molar-refractivity contribution is 5.80. The van der Waals surface area contributed by atoms with Crippen LogP contribution in [0.4, 0.5) is 0 Å². The van der Waals surface area contributed by atoms with Crippen molar-refractivity contribution in [2.24, 2.45) is 5.92 Å². The van der Waals surface area contributed by atoms with E-state index in [1.54, 1.807) is 0 Å². The molecule has 1 heterocycles. The van der Waals surface area contributed by atoms with Crippen molar-refractivity contribution in [3.63, 3.8) is 0 Å². The summed E-state index contributed by atoms with van der Waals surface area (Å²) in [7, 11) is 0. The van der Waals surface area contributed by atoms with Crippen molar-refractivity contribution < 1.29 is 4.42 Å². The Morgan fingerprint density at radius 3 is 2.86 bits per heavy atom. The first kappa shape index (κ1) is 8.10. The van der Waals surface area contributed by atoms with Gasteiger partial charge < -0.3 is 4.42 Å². The van der Waals surface area contributed by atoms with Gasteiger partial charge in [0.1, 0.15) is 5.58 Å². The molecular weight excluding hydrogens is 172 g/mol. The highest BCUT2D eigenvalue weighted by Gasteiger charge is 2.19. The van der Waals surface area contributed by atoms with Gasteiger partial charge in [-0.05, 0) is 24.0 Å². The highest BCUT2D eigenvalue weighted by Crippen LogP contribution is 2.32. The molecule has 1 saturated carbocycles. The molecule has 1 fully saturated rings. The average molecular weight is 186 g/mol. The summed E-state index contributed by atoms with van der Waals surface area (Å²) >= 11 is 0. The van der Waals surface area contributed by atoms with Gasteiger partial charge in [-0.15, -0.1) is 0 Å². The SMILES string of the molecule is c1ccc2c(CC3CCC3)coc2c1. The van der Waals surface area contributed by atoms with Crippen LogP contribution in [-0.2, 0) is 6.42 Å². The van der Waals surface area contributed by atoms with Crippen molar-refractivity contribution >= 4 is 11.0 Å². The van der Waals surface area contributed by atoms with Gasteiger partial charge in [-0.2, -0.15) is 0 Å². The maximum Gasteiger partial charge on any atom is 0.134 e. The van der Waals surface area contributed by atoms with Crippen LogP contribution in [-0.4, -0.2) is 0 Å². The lowest BCUT2D eigenvalue weighted by atomic mass is 9.81. The normalized spacial score (nSPS) is 17.1. The zero-order valence-electron chi connectivity index (χ0n) is 8.20. The predicted octanol–water partition coefficient (Wildman–Crippen LogP) is 3.78. The molecule has 0 aliphatic heterocycles. The molecule has 0 N–H and O–H groups in total. The molecule has 2 aromatic rings. The number of benzene rings is 1. The molecule has 1 aromatic carbocycles. The molecule has 0 spiro atoms. The first-order valence-corrected chi connectivity index (χ1v) is 5.38. The molecule has 0 atom stereocenters. The molecule has 0 amide bonds. The van der Waals surface area contributed by atoms with Crippen LogP contribution in [0, 0.1) is 5.92 Å². The van der Waals surface area contributed by atoms with Crippen LogP contribution in [0.3, 0.4) is 0 Å². The van der Waals surface area contributed by atoms with Gasteiger partial charge >= 0.3 is 0 Å². The quantitative estimate of drug-likeness (QED) is 0.695.